The van der Waals surface area contributed by atoms with Crippen LogP contribution in [0.1, 0.15) is 113 Å². The van der Waals surface area contributed by atoms with Gasteiger partial charge in [0.1, 0.15) is 11.5 Å². The van der Waals surface area contributed by atoms with Crippen molar-refractivity contribution in [1.82, 2.24) is 0 Å². The molecular formula is C32H46O3. The van der Waals surface area contributed by atoms with Crippen LogP contribution in [0.5, 0.6) is 11.5 Å². The number of rotatable bonds is 15. The number of aryl methyl sites for hydroxylation is 1. The summed E-state index contributed by atoms with van der Waals surface area (Å²) in [6.07, 6.45) is 18.3. The van der Waals surface area contributed by atoms with Gasteiger partial charge in [0.15, 0.2) is 0 Å². The number of hydrogen-bond acceptors (Lipinski definition) is 3. The van der Waals surface area contributed by atoms with Crippen molar-refractivity contribution in [2.75, 3.05) is 6.61 Å². The van der Waals surface area contributed by atoms with E-state index in [1.165, 1.54) is 82.6 Å². The molecule has 0 saturated heterocycles. The van der Waals surface area contributed by atoms with Crippen LogP contribution in [0.25, 0.3) is 0 Å². The minimum absolute atomic E-state index is 0.331. The van der Waals surface area contributed by atoms with Crippen molar-refractivity contribution >= 4 is 5.97 Å². The molecule has 1 aliphatic carbocycles. The molecule has 0 aliphatic heterocycles. The highest BCUT2D eigenvalue weighted by Crippen LogP contribution is 2.34. The average molecular weight is 479 g/mol. The number of esters is 1. The first-order chi connectivity index (χ1) is 17.2. The second kappa shape index (κ2) is 15.7. The lowest BCUT2D eigenvalue weighted by Crippen LogP contribution is -2.15. The third kappa shape index (κ3) is 10.1. The van der Waals surface area contributed by atoms with Crippen LogP contribution >= 0.6 is 0 Å². The first-order valence-electron chi connectivity index (χ1n) is 14.2. The summed E-state index contributed by atoms with van der Waals surface area (Å²) < 4.78 is 11.3. The minimum Gasteiger partial charge on any atom is -0.494 e. The van der Waals surface area contributed by atoms with Gasteiger partial charge in [0, 0.05) is 0 Å². The maximum atomic E-state index is 12.5. The predicted octanol–water partition coefficient (Wildman–Crippen LogP) is 9.18. The quantitative estimate of drug-likeness (QED) is 0.145. The number of carbonyl (C=O) groups excluding carboxylic acids is 1. The molecule has 3 nitrogen and oxygen atoms in total. The second-order valence-corrected chi connectivity index (χ2v) is 10.4. The Bertz CT molecular complexity index is 832. The van der Waals surface area contributed by atoms with E-state index in [0.717, 1.165) is 37.0 Å². The van der Waals surface area contributed by atoms with Gasteiger partial charge in [-0.15, -0.1) is 0 Å². The fraction of sp³-hybridized carbons (Fsp3) is 0.594. The Morgan fingerprint density at radius 1 is 0.714 bits per heavy atom. The summed E-state index contributed by atoms with van der Waals surface area (Å²) in [5.41, 5.74) is 1.87. The van der Waals surface area contributed by atoms with Crippen LogP contribution in [0.4, 0.5) is 0 Å². The average Bonchev–Trinajstić information content (AvgIpc) is 2.89. The largest absolute Gasteiger partial charge is 0.494 e. The van der Waals surface area contributed by atoms with E-state index in [0.29, 0.717) is 11.3 Å². The van der Waals surface area contributed by atoms with Gasteiger partial charge in [0.25, 0.3) is 0 Å². The van der Waals surface area contributed by atoms with Crippen LogP contribution in [0.3, 0.4) is 0 Å². The van der Waals surface area contributed by atoms with Crippen molar-refractivity contribution in [1.29, 1.82) is 0 Å². The van der Waals surface area contributed by atoms with E-state index >= 15 is 0 Å². The van der Waals surface area contributed by atoms with E-state index in [1.807, 2.05) is 24.3 Å². The third-order valence-corrected chi connectivity index (χ3v) is 7.51. The van der Waals surface area contributed by atoms with Gasteiger partial charge >= 0.3 is 5.97 Å². The molecule has 3 heteroatoms. The standard InChI is InChI=1S/C32H46O3/c1-3-5-7-9-25-34-30-23-19-29(20-24-30)32(33)35-31-21-17-28(18-22-31)16-15-27-13-11-26(12-14-27)10-8-6-4-2/h17-24,26-27H,3-16,25H2,1-2H3/t26-,27-. The second-order valence-electron chi connectivity index (χ2n) is 10.4. The van der Waals surface area contributed by atoms with Gasteiger partial charge in [-0.05, 0) is 73.1 Å². The number of carbonyl (C=O) groups is 1. The molecule has 0 radical (unpaired) electrons. The highest BCUT2D eigenvalue weighted by Gasteiger charge is 2.20. The molecule has 0 bridgehead atoms. The van der Waals surface area contributed by atoms with Crippen molar-refractivity contribution in [2.45, 2.75) is 104 Å². The molecule has 2 aromatic rings. The third-order valence-electron chi connectivity index (χ3n) is 7.51. The zero-order valence-electron chi connectivity index (χ0n) is 22.1. The molecule has 0 atom stereocenters. The summed E-state index contributed by atoms with van der Waals surface area (Å²) in [4.78, 5) is 12.5. The summed E-state index contributed by atoms with van der Waals surface area (Å²) in [5, 5.41) is 0. The summed E-state index contributed by atoms with van der Waals surface area (Å²) in [6.45, 7) is 5.21. The van der Waals surface area contributed by atoms with Crippen LogP contribution in [-0.4, -0.2) is 12.6 Å². The zero-order chi connectivity index (χ0) is 24.7. The van der Waals surface area contributed by atoms with Gasteiger partial charge in [-0.3, -0.25) is 0 Å². The lowest BCUT2D eigenvalue weighted by atomic mass is 9.78. The first kappa shape index (κ1) is 27.3. The van der Waals surface area contributed by atoms with Crippen molar-refractivity contribution in [3.8, 4) is 11.5 Å². The molecule has 0 amide bonds. The molecule has 0 spiro atoms. The Hall–Kier alpha value is -2.29. The lowest BCUT2D eigenvalue weighted by molar-refractivity contribution is 0.0734. The molecule has 35 heavy (non-hydrogen) atoms. The highest BCUT2D eigenvalue weighted by atomic mass is 16.5. The van der Waals surface area contributed by atoms with E-state index in [2.05, 4.69) is 26.0 Å². The number of hydrogen-bond donors (Lipinski definition) is 0. The minimum atomic E-state index is -0.331. The normalized spacial score (nSPS) is 17.8. The summed E-state index contributed by atoms with van der Waals surface area (Å²) in [6, 6.07) is 15.3. The van der Waals surface area contributed by atoms with Gasteiger partial charge in [0.2, 0.25) is 0 Å². The summed E-state index contributed by atoms with van der Waals surface area (Å²) in [7, 11) is 0. The van der Waals surface area contributed by atoms with E-state index in [4.69, 9.17) is 9.47 Å². The Labute approximate surface area is 213 Å². The molecule has 1 saturated carbocycles. The predicted molar refractivity (Wildman–Crippen MR) is 145 cm³/mol. The molecule has 3 rings (SSSR count). The molecule has 0 N–H and O–H groups in total. The van der Waals surface area contributed by atoms with Gasteiger partial charge in [-0.2, -0.15) is 0 Å². The van der Waals surface area contributed by atoms with Gasteiger partial charge in [-0.1, -0.05) is 96.6 Å². The number of ether oxygens (including phenoxy) is 2. The van der Waals surface area contributed by atoms with Crippen molar-refractivity contribution in [2.24, 2.45) is 11.8 Å². The van der Waals surface area contributed by atoms with E-state index in [9.17, 15) is 4.79 Å². The van der Waals surface area contributed by atoms with Crippen molar-refractivity contribution < 1.29 is 14.3 Å². The van der Waals surface area contributed by atoms with Crippen molar-refractivity contribution in [3.05, 3.63) is 59.7 Å². The number of benzene rings is 2. The van der Waals surface area contributed by atoms with Gasteiger partial charge in [-0.25, -0.2) is 4.79 Å². The highest BCUT2D eigenvalue weighted by molar-refractivity contribution is 5.91. The van der Waals surface area contributed by atoms with Crippen molar-refractivity contribution in [3.63, 3.8) is 0 Å². The molecule has 0 unspecified atom stereocenters. The molecule has 1 fully saturated rings. The Morgan fingerprint density at radius 3 is 1.97 bits per heavy atom. The Morgan fingerprint density at radius 2 is 1.31 bits per heavy atom. The fourth-order valence-corrected chi connectivity index (χ4v) is 5.16. The Balaban J connectivity index is 1.36. The first-order valence-corrected chi connectivity index (χ1v) is 14.2. The van der Waals surface area contributed by atoms with E-state index in [1.54, 1.807) is 12.1 Å². The van der Waals surface area contributed by atoms with Crippen LogP contribution in [-0.2, 0) is 6.42 Å². The van der Waals surface area contributed by atoms with Gasteiger partial charge in [0.05, 0.1) is 12.2 Å². The smallest absolute Gasteiger partial charge is 0.343 e. The molecule has 192 valence electrons. The zero-order valence-corrected chi connectivity index (χ0v) is 22.1. The maximum Gasteiger partial charge on any atom is 0.343 e. The topological polar surface area (TPSA) is 35.5 Å². The molecule has 2 aromatic carbocycles. The van der Waals surface area contributed by atoms with Crippen LogP contribution in [0.15, 0.2) is 48.5 Å². The van der Waals surface area contributed by atoms with E-state index in [-0.39, 0.29) is 5.97 Å². The molecule has 1 aliphatic rings. The molecular weight excluding hydrogens is 432 g/mol. The summed E-state index contributed by atoms with van der Waals surface area (Å²) >= 11 is 0. The monoisotopic (exact) mass is 478 g/mol. The van der Waals surface area contributed by atoms with Crippen LogP contribution in [0, 0.1) is 11.8 Å². The van der Waals surface area contributed by atoms with Crippen LogP contribution in [0.2, 0.25) is 0 Å². The SMILES string of the molecule is CCCCCCOc1ccc(C(=O)Oc2ccc(CC[C@H]3CC[C@H](CCCCC)CC3)cc2)cc1. The maximum absolute atomic E-state index is 12.5. The lowest BCUT2D eigenvalue weighted by Gasteiger charge is -2.28. The molecule has 0 aromatic heterocycles. The summed E-state index contributed by atoms with van der Waals surface area (Å²) in [5.74, 6) is 2.92. The Kier molecular flexibility index (Phi) is 12.2. The van der Waals surface area contributed by atoms with E-state index < -0.39 is 0 Å². The number of unbranched alkanes of at least 4 members (excludes halogenated alkanes) is 5. The fourth-order valence-electron chi connectivity index (χ4n) is 5.16. The van der Waals surface area contributed by atoms with Crippen LogP contribution < -0.4 is 9.47 Å². The van der Waals surface area contributed by atoms with Gasteiger partial charge < -0.3 is 9.47 Å². The molecule has 0 heterocycles.